The second-order valence-corrected chi connectivity index (χ2v) is 8.19. The quantitative estimate of drug-likeness (QED) is 0.529. The normalized spacial score (nSPS) is 20.9. The number of allylic oxidation sites excluding steroid dienone is 2. The highest BCUT2D eigenvalue weighted by Gasteiger charge is 2.47. The Hall–Kier alpha value is -3.32. The Morgan fingerprint density at radius 3 is 2.45 bits per heavy atom. The fraction of sp³-hybridized carbons (Fsp3) is 0.182. The van der Waals surface area contributed by atoms with Gasteiger partial charge in [-0.3, -0.25) is 24.6 Å². The van der Waals surface area contributed by atoms with Crippen molar-refractivity contribution in [2.24, 2.45) is 11.8 Å². The summed E-state index contributed by atoms with van der Waals surface area (Å²) in [5.41, 5.74) is 1.63. The standard InChI is InChI=1S/C22H17N3O3S/c26-19(24-22-23-17-10-3-4-11-18(17)29-22)13-6-5-7-14(12-13)25-20(27)15-8-1-2-9-16(15)21(25)28/h1-7,10-12,15-16H,8-9H2,(H,23,24,26)/t15-,16+. The van der Waals surface area contributed by atoms with Gasteiger partial charge in [-0.25, -0.2) is 4.98 Å². The first-order valence-electron chi connectivity index (χ1n) is 9.41. The Balaban J connectivity index is 1.40. The van der Waals surface area contributed by atoms with Crippen LogP contribution in [0.5, 0.6) is 0 Å². The van der Waals surface area contributed by atoms with Gasteiger partial charge in [0.25, 0.3) is 5.91 Å². The lowest BCUT2D eigenvalue weighted by Crippen LogP contribution is -2.31. The molecule has 2 aliphatic rings. The number of thiazole rings is 1. The van der Waals surface area contributed by atoms with Crippen molar-refractivity contribution in [2.75, 3.05) is 10.2 Å². The van der Waals surface area contributed by atoms with E-state index in [-0.39, 0.29) is 29.6 Å². The average Bonchev–Trinajstić information content (AvgIpc) is 3.26. The molecule has 2 heterocycles. The molecule has 2 atom stereocenters. The van der Waals surface area contributed by atoms with Crippen LogP contribution >= 0.6 is 11.3 Å². The smallest absolute Gasteiger partial charge is 0.257 e. The highest BCUT2D eigenvalue weighted by molar-refractivity contribution is 7.22. The zero-order valence-electron chi connectivity index (χ0n) is 15.4. The number of fused-ring (bicyclic) bond motifs is 2. The molecule has 0 saturated carbocycles. The van der Waals surface area contributed by atoms with E-state index >= 15 is 0 Å². The van der Waals surface area contributed by atoms with Crippen LogP contribution in [-0.4, -0.2) is 22.7 Å². The number of benzene rings is 2. The Bertz CT molecular complexity index is 1120. The molecule has 0 bridgehead atoms. The van der Waals surface area contributed by atoms with Crippen LogP contribution in [0.3, 0.4) is 0 Å². The van der Waals surface area contributed by atoms with Crippen molar-refractivity contribution in [1.29, 1.82) is 0 Å². The Labute approximate surface area is 170 Å². The minimum Gasteiger partial charge on any atom is -0.298 e. The number of nitrogens with one attached hydrogen (secondary N) is 1. The fourth-order valence-corrected chi connectivity index (χ4v) is 4.80. The van der Waals surface area contributed by atoms with Crippen molar-refractivity contribution in [1.82, 2.24) is 4.98 Å². The number of hydrogen-bond donors (Lipinski definition) is 1. The maximum atomic E-state index is 12.8. The Kier molecular flexibility index (Phi) is 4.24. The molecular weight excluding hydrogens is 386 g/mol. The van der Waals surface area contributed by atoms with Gasteiger partial charge in [-0.2, -0.15) is 0 Å². The maximum absolute atomic E-state index is 12.8. The number of aromatic nitrogens is 1. The van der Waals surface area contributed by atoms with Gasteiger partial charge in [-0.05, 0) is 43.2 Å². The van der Waals surface area contributed by atoms with Crippen LogP contribution in [0, 0.1) is 11.8 Å². The average molecular weight is 403 g/mol. The lowest BCUT2D eigenvalue weighted by Gasteiger charge is -2.15. The van der Waals surface area contributed by atoms with Crippen LogP contribution in [0.25, 0.3) is 10.2 Å². The van der Waals surface area contributed by atoms with Crippen molar-refractivity contribution in [2.45, 2.75) is 12.8 Å². The van der Waals surface area contributed by atoms with Gasteiger partial charge in [-0.1, -0.05) is 41.7 Å². The third-order valence-electron chi connectivity index (χ3n) is 5.39. The van der Waals surface area contributed by atoms with Crippen LogP contribution in [0.4, 0.5) is 10.8 Å². The number of nitrogens with zero attached hydrogens (tertiary/aromatic N) is 2. The number of anilines is 2. The summed E-state index contributed by atoms with van der Waals surface area (Å²) in [6, 6.07) is 14.3. The molecule has 7 heteroatoms. The second-order valence-electron chi connectivity index (χ2n) is 7.16. The number of imide groups is 1. The molecule has 6 nitrogen and oxygen atoms in total. The van der Waals surface area contributed by atoms with E-state index in [0.717, 1.165) is 10.2 Å². The summed E-state index contributed by atoms with van der Waals surface area (Å²) < 4.78 is 0.987. The zero-order valence-corrected chi connectivity index (χ0v) is 16.2. The van der Waals surface area contributed by atoms with Gasteiger partial charge in [0, 0.05) is 5.56 Å². The predicted molar refractivity (Wildman–Crippen MR) is 112 cm³/mol. The SMILES string of the molecule is O=C(Nc1nc2ccccc2s1)c1cccc(N2C(=O)[C@H]3CC=CC[C@H]3C2=O)c1. The van der Waals surface area contributed by atoms with Crippen molar-refractivity contribution in [3.05, 3.63) is 66.2 Å². The first-order valence-corrected chi connectivity index (χ1v) is 10.2. The molecule has 3 amide bonds. The van der Waals surface area contributed by atoms with Gasteiger partial charge in [-0.15, -0.1) is 0 Å². The molecule has 3 aromatic rings. The molecule has 2 aromatic carbocycles. The van der Waals surface area contributed by atoms with E-state index in [2.05, 4.69) is 10.3 Å². The molecule has 144 valence electrons. The molecule has 1 aliphatic carbocycles. The number of rotatable bonds is 3. The summed E-state index contributed by atoms with van der Waals surface area (Å²) in [5.74, 6) is -1.30. The summed E-state index contributed by atoms with van der Waals surface area (Å²) in [6.45, 7) is 0. The minimum absolute atomic E-state index is 0.187. The number of amides is 3. The van der Waals surface area contributed by atoms with Crippen LogP contribution in [0.1, 0.15) is 23.2 Å². The fourth-order valence-electron chi connectivity index (χ4n) is 3.94. The lowest BCUT2D eigenvalue weighted by atomic mass is 9.85. The maximum Gasteiger partial charge on any atom is 0.257 e. The predicted octanol–water partition coefficient (Wildman–Crippen LogP) is 4.00. The monoisotopic (exact) mass is 403 g/mol. The number of carbonyl (C=O) groups is 3. The molecule has 29 heavy (non-hydrogen) atoms. The first-order chi connectivity index (χ1) is 14.1. The van der Waals surface area contributed by atoms with Crippen molar-refractivity contribution >= 4 is 50.1 Å². The summed E-state index contributed by atoms with van der Waals surface area (Å²) in [6.07, 6.45) is 5.09. The summed E-state index contributed by atoms with van der Waals surface area (Å²) in [5, 5.41) is 3.31. The second kappa shape index (κ2) is 6.93. The minimum atomic E-state index is -0.330. The van der Waals surface area contributed by atoms with Gasteiger partial charge < -0.3 is 0 Å². The van der Waals surface area contributed by atoms with E-state index in [1.807, 2.05) is 36.4 Å². The van der Waals surface area contributed by atoms with Crippen molar-refractivity contribution < 1.29 is 14.4 Å². The molecule has 0 radical (unpaired) electrons. The van der Waals surface area contributed by atoms with E-state index in [4.69, 9.17) is 0 Å². The summed E-state index contributed by atoms with van der Waals surface area (Å²) in [7, 11) is 0. The molecule has 1 N–H and O–H groups in total. The van der Waals surface area contributed by atoms with Gasteiger partial charge in [0.15, 0.2) is 5.13 Å². The van der Waals surface area contributed by atoms with Crippen LogP contribution in [0.2, 0.25) is 0 Å². The van der Waals surface area contributed by atoms with E-state index in [9.17, 15) is 14.4 Å². The number of hydrogen-bond acceptors (Lipinski definition) is 5. The number of carbonyl (C=O) groups excluding carboxylic acids is 3. The van der Waals surface area contributed by atoms with Crippen LogP contribution in [-0.2, 0) is 9.59 Å². The summed E-state index contributed by atoms with van der Waals surface area (Å²) in [4.78, 5) is 43.9. The highest BCUT2D eigenvalue weighted by Crippen LogP contribution is 2.37. The molecule has 0 spiro atoms. The molecular formula is C22H17N3O3S. The van der Waals surface area contributed by atoms with Crippen LogP contribution < -0.4 is 10.2 Å². The Morgan fingerprint density at radius 1 is 1.00 bits per heavy atom. The molecule has 5 rings (SSSR count). The summed E-state index contributed by atoms with van der Waals surface area (Å²) >= 11 is 1.40. The molecule has 1 saturated heterocycles. The number of para-hydroxylation sites is 1. The van der Waals surface area contributed by atoms with Crippen molar-refractivity contribution in [3.8, 4) is 0 Å². The van der Waals surface area contributed by atoms with Gasteiger partial charge in [0.1, 0.15) is 0 Å². The lowest BCUT2D eigenvalue weighted by molar-refractivity contribution is -0.122. The van der Waals surface area contributed by atoms with Crippen LogP contribution in [0.15, 0.2) is 60.7 Å². The Morgan fingerprint density at radius 2 is 1.72 bits per heavy atom. The van der Waals surface area contributed by atoms with E-state index in [0.29, 0.717) is 29.2 Å². The molecule has 1 fully saturated rings. The van der Waals surface area contributed by atoms with Gasteiger partial charge in [0.05, 0.1) is 27.7 Å². The van der Waals surface area contributed by atoms with E-state index in [1.165, 1.54) is 16.2 Å². The third kappa shape index (κ3) is 3.03. The van der Waals surface area contributed by atoms with E-state index in [1.54, 1.807) is 24.3 Å². The first kappa shape index (κ1) is 17.8. The molecule has 1 aliphatic heterocycles. The largest absolute Gasteiger partial charge is 0.298 e. The van der Waals surface area contributed by atoms with Crippen molar-refractivity contribution in [3.63, 3.8) is 0 Å². The highest BCUT2D eigenvalue weighted by atomic mass is 32.1. The third-order valence-corrected chi connectivity index (χ3v) is 6.34. The topological polar surface area (TPSA) is 79.4 Å². The molecule has 1 aromatic heterocycles. The molecule has 0 unspecified atom stereocenters. The van der Waals surface area contributed by atoms with E-state index < -0.39 is 0 Å². The zero-order chi connectivity index (χ0) is 20.0. The van der Waals surface area contributed by atoms with Gasteiger partial charge in [0.2, 0.25) is 11.8 Å². The van der Waals surface area contributed by atoms with Gasteiger partial charge >= 0.3 is 0 Å².